The maximum absolute atomic E-state index is 12.5. The monoisotopic (exact) mass is 448 g/mol. The molecule has 0 saturated carbocycles. The normalized spacial score (nSPS) is 13.2. The molecule has 2 aromatic carbocycles. The molecule has 1 aliphatic heterocycles. The van der Waals surface area contributed by atoms with E-state index in [2.05, 4.69) is 10.0 Å². The fourth-order valence-corrected chi connectivity index (χ4v) is 3.75. The highest BCUT2D eigenvalue weighted by Crippen LogP contribution is 2.31. The van der Waals surface area contributed by atoms with Crippen LogP contribution in [-0.2, 0) is 24.3 Å². The molecule has 0 aromatic heterocycles. The first-order chi connectivity index (χ1) is 14.7. The average molecular weight is 448 g/mol. The Morgan fingerprint density at radius 1 is 1.00 bits per heavy atom. The van der Waals surface area contributed by atoms with Gasteiger partial charge >= 0.3 is 5.97 Å². The number of amides is 1. The summed E-state index contributed by atoms with van der Waals surface area (Å²) < 4.78 is 42.9. The first-order valence-corrected chi connectivity index (χ1v) is 11.1. The SMILES string of the molecule is Cc1ccc(NC(=O)COC(=O)CNS(=O)(=O)c2ccc3c(c2)OCCCO3)cc1C. The summed E-state index contributed by atoms with van der Waals surface area (Å²) in [5.41, 5.74) is 2.68. The number of carbonyl (C=O) groups excluding carboxylic acids is 2. The number of aryl methyl sites for hydroxylation is 2. The van der Waals surface area contributed by atoms with Crippen LogP contribution in [0.3, 0.4) is 0 Å². The number of anilines is 1. The fraction of sp³-hybridized carbons (Fsp3) is 0.333. The number of esters is 1. The van der Waals surface area contributed by atoms with Gasteiger partial charge < -0.3 is 19.5 Å². The number of rotatable bonds is 7. The van der Waals surface area contributed by atoms with Crippen LogP contribution in [0.5, 0.6) is 11.5 Å². The molecule has 9 nitrogen and oxygen atoms in total. The third-order valence-corrected chi connectivity index (χ3v) is 5.99. The number of carbonyl (C=O) groups is 2. The maximum atomic E-state index is 12.5. The molecule has 31 heavy (non-hydrogen) atoms. The first-order valence-electron chi connectivity index (χ1n) is 9.66. The van der Waals surface area contributed by atoms with E-state index in [4.69, 9.17) is 14.2 Å². The van der Waals surface area contributed by atoms with E-state index in [1.54, 1.807) is 12.1 Å². The topological polar surface area (TPSA) is 120 Å². The van der Waals surface area contributed by atoms with Gasteiger partial charge in [-0.25, -0.2) is 8.42 Å². The van der Waals surface area contributed by atoms with Gasteiger partial charge in [-0.15, -0.1) is 0 Å². The maximum Gasteiger partial charge on any atom is 0.321 e. The van der Waals surface area contributed by atoms with Crippen molar-refractivity contribution in [2.45, 2.75) is 25.2 Å². The summed E-state index contributed by atoms with van der Waals surface area (Å²) in [7, 11) is -3.98. The molecular weight excluding hydrogens is 424 g/mol. The van der Waals surface area contributed by atoms with E-state index >= 15 is 0 Å². The summed E-state index contributed by atoms with van der Waals surface area (Å²) in [6, 6.07) is 9.61. The molecule has 3 rings (SSSR count). The number of ether oxygens (including phenoxy) is 3. The van der Waals surface area contributed by atoms with Crippen LogP contribution in [0.4, 0.5) is 5.69 Å². The van der Waals surface area contributed by atoms with E-state index in [1.807, 2.05) is 19.9 Å². The lowest BCUT2D eigenvalue weighted by molar-refractivity contribution is -0.146. The second kappa shape index (κ2) is 9.80. The molecule has 0 aliphatic carbocycles. The first kappa shape index (κ1) is 22.6. The predicted molar refractivity (Wildman–Crippen MR) is 113 cm³/mol. The molecule has 0 bridgehead atoms. The quantitative estimate of drug-likeness (QED) is 0.621. The van der Waals surface area contributed by atoms with Crippen LogP contribution in [0.15, 0.2) is 41.3 Å². The van der Waals surface area contributed by atoms with Crippen molar-refractivity contribution < 1.29 is 32.2 Å². The second-order valence-corrected chi connectivity index (χ2v) is 8.76. The highest BCUT2D eigenvalue weighted by atomic mass is 32.2. The number of hydrogen-bond acceptors (Lipinski definition) is 7. The van der Waals surface area contributed by atoms with Gasteiger partial charge in [-0.05, 0) is 49.2 Å². The minimum Gasteiger partial charge on any atom is -0.490 e. The third-order valence-electron chi connectivity index (χ3n) is 4.59. The van der Waals surface area contributed by atoms with Gasteiger partial charge in [0.15, 0.2) is 18.1 Å². The van der Waals surface area contributed by atoms with Crippen molar-refractivity contribution >= 4 is 27.6 Å². The van der Waals surface area contributed by atoms with Crippen molar-refractivity contribution in [3.63, 3.8) is 0 Å². The van der Waals surface area contributed by atoms with Gasteiger partial charge in [0.1, 0.15) is 6.54 Å². The molecule has 0 radical (unpaired) electrons. The lowest BCUT2D eigenvalue weighted by Gasteiger charge is -2.11. The zero-order valence-corrected chi connectivity index (χ0v) is 18.1. The van der Waals surface area contributed by atoms with Crippen LogP contribution in [0.2, 0.25) is 0 Å². The smallest absolute Gasteiger partial charge is 0.321 e. The molecule has 0 spiro atoms. The van der Waals surface area contributed by atoms with E-state index in [-0.39, 0.29) is 4.90 Å². The van der Waals surface area contributed by atoms with Crippen molar-refractivity contribution in [2.75, 3.05) is 31.7 Å². The summed E-state index contributed by atoms with van der Waals surface area (Å²) in [5, 5.41) is 2.62. The number of hydrogen-bond donors (Lipinski definition) is 2. The van der Waals surface area contributed by atoms with Crippen LogP contribution in [0, 0.1) is 13.8 Å². The lowest BCUT2D eigenvalue weighted by atomic mass is 10.1. The number of fused-ring (bicyclic) bond motifs is 1. The number of sulfonamides is 1. The Morgan fingerprint density at radius 3 is 2.48 bits per heavy atom. The molecule has 1 heterocycles. The molecule has 0 atom stereocenters. The minimum absolute atomic E-state index is 0.0722. The van der Waals surface area contributed by atoms with Gasteiger partial charge in [0.25, 0.3) is 5.91 Å². The van der Waals surface area contributed by atoms with Crippen LogP contribution < -0.4 is 19.5 Å². The summed E-state index contributed by atoms with van der Waals surface area (Å²) in [5.74, 6) is -0.618. The van der Waals surface area contributed by atoms with Crippen molar-refractivity contribution in [1.29, 1.82) is 0 Å². The van der Waals surface area contributed by atoms with Gasteiger partial charge in [-0.3, -0.25) is 9.59 Å². The van der Waals surface area contributed by atoms with E-state index in [0.29, 0.717) is 36.8 Å². The highest BCUT2D eigenvalue weighted by Gasteiger charge is 2.20. The minimum atomic E-state index is -3.98. The molecule has 2 N–H and O–H groups in total. The van der Waals surface area contributed by atoms with Gasteiger partial charge in [0.2, 0.25) is 10.0 Å². The summed E-state index contributed by atoms with van der Waals surface area (Å²) >= 11 is 0. The van der Waals surface area contributed by atoms with Crippen LogP contribution in [0.1, 0.15) is 17.5 Å². The summed E-state index contributed by atoms with van der Waals surface area (Å²) in [6.45, 7) is 3.63. The number of benzene rings is 2. The Bertz CT molecular complexity index is 1080. The molecule has 1 amide bonds. The molecule has 0 saturated heterocycles. The van der Waals surface area contributed by atoms with Crippen molar-refractivity contribution in [2.24, 2.45) is 0 Å². The molecular formula is C21H24N2O7S. The van der Waals surface area contributed by atoms with E-state index in [0.717, 1.165) is 11.1 Å². The van der Waals surface area contributed by atoms with E-state index in [9.17, 15) is 18.0 Å². The van der Waals surface area contributed by atoms with Crippen LogP contribution in [-0.4, -0.2) is 46.7 Å². The summed E-state index contributed by atoms with van der Waals surface area (Å²) in [6.07, 6.45) is 0.692. The Morgan fingerprint density at radius 2 is 1.74 bits per heavy atom. The lowest BCUT2D eigenvalue weighted by Crippen LogP contribution is -2.32. The average Bonchev–Trinajstić information content (AvgIpc) is 2.98. The van der Waals surface area contributed by atoms with Gasteiger partial charge in [0.05, 0.1) is 18.1 Å². The van der Waals surface area contributed by atoms with Crippen molar-refractivity contribution in [3.05, 3.63) is 47.5 Å². The standard InChI is InChI=1S/C21H24N2O7S/c1-14-4-5-16(10-15(14)2)23-20(24)13-30-21(25)12-22-31(26,27)17-6-7-18-19(11-17)29-9-3-8-28-18/h4-7,10-11,22H,3,8-9,12-13H2,1-2H3,(H,23,24). The number of nitrogens with one attached hydrogen (secondary N) is 2. The third kappa shape index (κ3) is 6.19. The molecule has 1 aliphatic rings. The fourth-order valence-electron chi connectivity index (χ4n) is 2.76. The van der Waals surface area contributed by atoms with Gasteiger partial charge in [-0.1, -0.05) is 6.07 Å². The molecule has 0 unspecified atom stereocenters. The largest absolute Gasteiger partial charge is 0.490 e. The van der Waals surface area contributed by atoms with Gasteiger partial charge in [-0.2, -0.15) is 4.72 Å². The van der Waals surface area contributed by atoms with Gasteiger partial charge in [0, 0.05) is 18.2 Å². The van der Waals surface area contributed by atoms with Crippen molar-refractivity contribution in [1.82, 2.24) is 4.72 Å². The molecule has 2 aromatic rings. The van der Waals surface area contributed by atoms with Crippen LogP contribution in [0.25, 0.3) is 0 Å². The molecule has 0 fully saturated rings. The Balaban J connectivity index is 1.50. The van der Waals surface area contributed by atoms with Crippen LogP contribution >= 0.6 is 0 Å². The Hall–Kier alpha value is -3.11. The highest BCUT2D eigenvalue weighted by molar-refractivity contribution is 7.89. The molecule has 166 valence electrons. The van der Waals surface area contributed by atoms with Crippen molar-refractivity contribution in [3.8, 4) is 11.5 Å². The second-order valence-electron chi connectivity index (χ2n) is 6.99. The van der Waals surface area contributed by atoms with E-state index < -0.39 is 35.1 Å². The zero-order chi connectivity index (χ0) is 22.4. The Kier molecular flexibility index (Phi) is 7.13. The zero-order valence-electron chi connectivity index (χ0n) is 17.3. The predicted octanol–water partition coefficient (Wildman–Crippen LogP) is 1.92. The Labute approximate surface area is 180 Å². The van der Waals surface area contributed by atoms with E-state index in [1.165, 1.54) is 18.2 Å². The summed E-state index contributed by atoms with van der Waals surface area (Å²) in [4.78, 5) is 23.8. The molecule has 10 heteroatoms.